The Balaban J connectivity index is 2.00. The third kappa shape index (κ3) is 3.38. The Labute approximate surface area is 145 Å². The minimum atomic E-state index is -4.04. The van der Waals surface area contributed by atoms with Crippen molar-refractivity contribution in [2.75, 3.05) is 0 Å². The van der Waals surface area contributed by atoms with Gasteiger partial charge in [0.25, 0.3) is 5.69 Å². The highest BCUT2D eigenvalue weighted by atomic mass is 32.2. The highest BCUT2D eigenvalue weighted by Crippen LogP contribution is 2.28. The van der Waals surface area contributed by atoms with E-state index in [-0.39, 0.29) is 4.90 Å². The van der Waals surface area contributed by atoms with Crippen molar-refractivity contribution in [2.24, 2.45) is 0 Å². The number of sulfonamides is 1. The van der Waals surface area contributed by atoms with Gasteiger partial charge in [-0.3, -0.25) is 10.1 Å². The molecule has 3 aromatic rings. The summed E-state index contributed by atoms with van der Waals surface area (Å²) in [6.07, 6.45) is 0. The lowest BCUT2D eigenvalue weighted by atomic mass is 10.0. The van der Waals surface area contributed by atoms with E-state index in [9.17, 15) is 18.5 Å². The monoisotopic (exact) mass is 356 g/mol. The third-order valence-corrected chi connectivity index (χ3v) is 5.56. The number of rotatable bonds is 5. The van der Waals surface area contributed by atoms with Crippen LogP contribution in [-0.4, -0.2) is 13.3 Å². The van der Waals surface area contributed by atoms with E-state index in [1.165, 1.54) is 24.3 Å². The summed E-state index contributed by atoms with van der Waals surface area (Å²) in [5, 5.41) is 13.0. The van der Waals surface area contributed by atoms with Crippen LogP contribution >= 0.6 is 0 Å². The molecule has 0 bridgehead atoms. The summed E-state index contributed by atoms with van der Waals surface area (Å²) in [6, 6.07) is 18.1. The molecule has 128 valence electrons. The fraction of sp³-hybridized carbons (Fsp3) is 0.111. The standard InChI is InChI=1S/C18H16N2O4S/c1-13(15-10-6-8-14-7-2-3-9-16(14)15)19-25(23,24)18-12-5-4-11-17(18)20(21)22/h2-13,19H,1H3/t13-/m1/s1. The predicted octanol–water partition coefficient (Wildman–Crippen LogP) is 3.79. The molecule has 0 saturated heterocycles. The smallest absolute Gasteiger partial charge is 0.258 e. The number of nitro benzene ring substituents is 1. The van der Waals surface area contributed by atoms with Crippen molar-refractivity contribution in [1.82, 2.24) is 4.72 Å². The molecule has 0 amide bonds. The second-order valence-electron chi connectivity index (χ2n) is 5.64. The van der Waals surface area contributed by atoms with Gasteiger partial charge in [-0.05, 0) is 29.3 Å². The first-order chi connectivity index (χ1) is 11.9. The largest absolute Gasteiger partial charge is 0.289 e. The minimum absolute atomic E-state index is 0.341. The highest BCUT2D eigenvalue weighted by Gasteiger charge is 2.27. The first kappa shape index (κ1) is 17.1. The molecular formula is C18H16N2O4S. The van der Waals surface area contributed by atoms with Crippen LogP contribution < -0.4 is 4.72 Å². The molecule has 0 aromatic heterocycles. The zero-order chi connectivity index (χ0) is 18.0. The topological polar surface area (TPSA) is 89.3 Å². The van der Waals surface area contributed by atoms with Gasteiger partial charge in [0.1, 0.15) is 0 Å². The van der Waals surface area contributed by atoms with Crippen LogP contribution in [0.25, 0.3) is 10.8 Å². The number of benzene rings is 3. The highest BCUT2D eigenvalue weighted by molar-refractivity contribution is 7.89. The lowest BCUT2D eigenvalue weighted by Gasteiger charge is -2.17. The van der Waals surface area contributed by atoms with Crippen molar-refractivity contribution in [1.29, 1.82) is 0 Å². The Morgan fingerprint density at radius 3 is 2.36 bits per heavy atom. The first-order valence-electron chi connectivity index (χ1n) is 7.63. The van der Waals surface area contributed by atoms with Gasteiger partial charge in [0.05, 0.1) is 4.92 Å². The molecule has 1 N–H and O–H groups in total. The zero-order valence-corrected chi connectivity index (χ0v) is 14.2. The molecule has 0 radical (unpaired) electrons. The maximum absolute atomic E-state index is 12.7. The lowest BCUT2D eigenvalue weighted by Crippen LogP contribution is -2.27. The van der Waals surface area contributed by atoms with Crippen LogP contribution in [0.1, 0.15) is 18.5 Å². The van der Waals surface area contributed by atoms with Crippen molar-refractivity contribution in [3.8, 4) is 0 Å². The molecule has 0 aliphatic carbocycles. The summed E-state index contributed by atoms with van der Waals surface area (Å²) >= 11 is 0. The molecule has 6 nitrogen and oxygen atoms in total. The molecule has 0 spiro atoms. The van der Waals surface area contributed by atoms with Gasteiger partial charge >= 0.3 is 0 Å². The molecule has 3 aromatic carbocycles. The predicted molar refractivity (Wildman–Crippen MR) is 95.8 cm³/mol. The molecule has 7 heteroatoms. The van der Waals surface area contributed by atoms with E-state index >= 15 is 0 Å². The maximum atomic E-state index is 12.7. The van der Waals surface area contributed by atoms with E-state index in [1.807, 2.05) is 42.5 Å². The van der Waals surface area contributed by atoms with Gasteiger partial charge in [0.15, 0.2) is 4.90 Å². The second kappa shape index (κ2) is 6.62. The fourth-order valence-corrected chi connectivity index (χ4v) is 4.22. The Kier molecular flexibility index (Phi) is 4.52. The molecular weight excluding hydrogens is 340 g/mol. The van der Waals surface area contributed by atoms with Crippen LogP contribution in [0.2, 0.25) is 0 Å². The average molecular weight is 356 g/mol. The number of nitro groups is 1. The molecule has 1 atom stereocenters. The Morgan fingerprint density at radius 1 is 0.960 bits per heavy atom. The Bertz CT molecular complexity index is 1040. The second-order valence-corrected chi connectivity index (χ2v) is 7.32. The van der Waals surface area contributed by atoms with Crippen molar-refractivity contribution < 1.29 is 13.3 Å². The maximum Gasteiger partial charge on any atom is 0.289 e. The first-order valence-corrected chi connectivity index (χ1v) is 9.12. The van der Waals surface area contributed by atoms with Gasteiger partial charge in [-0.2, -0.15) is 0 Å². The van der Waals surface area contributed by atoms with Crippen LogP contribution in [-0.2, 0) is 10.0 Å². The van der Waals surface area contributed by atoms with Crippen LogP contribution in [0.15, 0.2) is 71.6 Å². The average Bonchev–Trinajstić information content (AvgIpc) is 2.60. The molecule has 0 fully saturated rings. The number of nitrogens with one attached hydrogen (secondary N) is 1. The van der Waals surface area contributed by atoms with E-state index in [4.69, 9.17) is 0 Å². The van der Waals surface area contributed by atoms with Gasteiger partial charge in [-0.1, -0.05) is 54.6 Å². The van der Waals surface area contributed by atoms with Crippen LogP contribution in [0.3, 0.4) is 0 Å². The molecule has 0 heterocycles. The van der Waals surface area contributed by atoms with Gasteiger partial charge in [-0.15, -0.1) is 0 Å². The van der Waals surface area contributed by atoms with E-state index in [1.54, 1.807) is 6.92 Å². The van der Waals surface area contributed by atoms with Crippen LogP contribution in [0.4, 0.5) is 5.69 Å². The van der Waals surface area contributed by atoms with E-state index in [0.717, 1.165) is 16.3 Å². The summed E-state index contributed by atoms with van der Waals surface area (Å²) in [7, 11) is -4.04. The van der Waals surface area contributed by atoms with Crippen molar-refractivity contribution >= 4 is 26.5 Å². The van der Waals surface area contributed by atoms with Crippen molar-refractivity contribution in [3.63, 3.8) is 0 Å². The lowest BCUT2D eigenvalue weighted by molar-refractivity contribution is -0.387. The van der Waals surface area contributed by atoms with Gasteiger partial charge in [0.2, 0.25) is 10.0 Å². The fourth-order valence-electron chi connectivity index (χ4n) is 2.82. The zero-order valence-electron chi connectivity index (χ0n) is 13.4. The number of hydrogen-bond acceptors (Lipinski definition) is 4. The van der Waals surface area contributed by atoms with Gasteiger partial charge in [-0.25, -0.2) is 13.1 Å². The summed E-state index contributed by atoms with van der Waals surface area (Å²) in [6.45, 7) is 1.72. The third-order valence-electron chi connectivity index (χ3n) is 3.97. The molecule has 3 rings (SSSR count). The van der Waals surface area contributed by atoms with Crippen LogP contribution in [0.5, 0.6) is 0 Å². The quantitative estimate of drug-likeness (QED) is 0.556. The summed E-state index contributed by atoms with van der Waals surface area (Å²) in [4.78, 5) is 10.1. The Morgan fingerprint density at radius 2 is 1.60 bits per heavy atom. The Hall–Kier alpha value is -2.77. The molecule has 0 saturated carbocycles. The molecule has 0 unspecified atom stereocenters. The number of nitrogens with zero attached hydrogens (tertiary/aromatic N) is 1. The van der Waals surface area contributed by atoms with E-state index in [2.05, 4.69) is 4.72 Å². The van der Waals surface area contributed by atoms with E-state index in [0.29, 0.717) is 0 Å². The van der Waals surface area contributed by atoms with Crippen LogP contribution in [0, 0.1) is 10.1 Å². The number of hydrogen-bond donors (Lipinski definition) is 1. The molecule has 25 heavy (non-hydrogen) atoms. The number of para-hydroxylation sites is 1. The normalized spacial score (nSPS) is 12.8. The summed E-state index contributed by atoms with van der Waals surface area (Å²) in [5.74, 6) is 0. The van der Waals surface area contributed by atoms with Crippen molar-refractivity contribution in [3.05, 3.63) is 82.4 Å². The van der Waals surface area contributed by atoms with Gasteiger partial charge < -0.3 is 0 Å². The molecule has 0 aliphatic heterocycles. The van der Waals surface area contributed by atoms with Gasteiger partial charge in [0, 0.05) is 12.1 Å². The number of fused-ring (bicyclic) bond motifs is 1. The summed E-state index contributed by atoms with van der Waals surface area (Å²) < 4.78 is 27.9. The SMILES string of the molecule is C[C@@H](NS(=O)(=O)c1ccccc1[N+](=O)[O-])c1cccc2ccccc12. The van der Waals surface area contributed by atoms with Crippen molar-refractivity contribution in [2.45, 2.75) is 17.9 Å². The molecule has 0 aliphatic rings. The van der Waals surface area contributed by atoms with E-state index < -0.39 is 26.7 Å². The minimum Gasteiger partial charge on any atom is -0.258 e. The summed E-state index contributed by atoms with van der Waals surface area (Å²) in [5.41, 5.74) is 0.361.